The number of nitrogens with two attached hydrogens (primary N) is 1. The maximum Gasteiger partial charge on any atom is 0.129 e. The molecule has 18 heavy (non-hydrogen) atoms. The van der Waals surface area contributed by atoms with Gasteiger partial charge >= 0.3 is 0 Å². The molecule has 1 atom stereocenters. The van der Waals surface area contributed by atoms with Crippen LogP contribution in [0, 0.1) is 0 Å². The Kier molecular flexibility index (Phi) is 4.28. The maximum atomic E-state index is 5.87. The van der Waals surface area contributed by atoms with Crippen molar-refractivity contribution in [3.8, 4) is 11.3 Å². The molecule has 2 N–H and O–H groups in total. The predicted molar refractivity (Wildman–Crippen MR) is 74.4 cm³/mol. The lowest BCUT2D eigenvalue weighted by atomic mass is 10.1. The second-order valence-corrected chi connectivity index (χ2v) is 4.82. The molecule has 0 amide bonds. The summed E-state index contributed by atoms with van der Waals surface area (Å²) >= 11 is 5.87. The van der Waals surface area contributed by atoms with Gasteiger partial charge in [0.25, 0.3) is 0 Å². The Morgan fingerprint density at radius 2 is 1.94 bits per heavy atom. The van der Waals surface area contributed by atoms with Crippen LogP contribution in [0.25, 0.3) is 11.3 Å². The van der Waals surface area contributed by atoms with Crippen molar-refractivity contribution in [1.82, 2.24) is 9.97 Å². The molecule has 4 heteroatoms. The first-order chi connectivity index (χ1) is 8.65. The van der Waals surface area contributed by atoms with Gasteiger partial charge in [-0.25, -0.2) is 9.97 Å². The van der Waals surface area contributed by atoms with Crippen LogP contribution in [-0.2, 0) is 6.42 Å². The summed E-state index contributed by atoms with van der Waals surface area (Å²) in [4.78, 5) is 8.80. The minimum absolute atomic E-state index is 0.174. The number of aryl methyl sites for hydroxylation is 1. The van der Waals surface area contributed by atoms with Gasteiger partial charge in [-0.3, -0.25) is 0 Å². The Hall–Kier alpha value is -1.45. The summed E-state index contributed by atoms with van der Waals surface area (Å²) in [5, 5.41) is 0.727. The zero-order valence-electron chi connectivity index (χ0n) is 10.3. The van der Waals surface area contributed by atoms with Crippen molar-refractivity contribution in [2.45, 2.75) is 25.8 Å². The number of hydrogen-bond donors (Lipinski definition) is 1. The Labute approximate surface area is 112 Å². The second kappa shape index (κ2) is 5.94. The van der Waals surface area contributed by atoms with Crippen LogP contribution in [-0.4, -0.2) is 16.0 Å². The smallest absolute Gasteiger partial charge is 0.129 e. The molecule has 0 saturated carbocycles. The summed E-state index contributed by atoms with van der Waals surface area (Å²) in [5.41, 5.74) is 7.70. The highest BCUT2D eigenvalue weighted by molar-refractivity contribution is 6.30. The standard InChI is InChI=1S/C14H16ClN3/c1-10(16)2-7-14-17-9-8-13(18-14)11-3-5-12(15)6-4-11/h3-6,8-10H,2,7,16H2,1H3. The second-order valence-electron chi connectivity index (χ2n) is 4.38. The third-order valence-electron chi connectivity index (χ3n) is 2.67. The van der Waals surface area contributed by atoms with Crippen molar-refractivity contribution in [1.29, 1.82) is 0 Å². The lowest BCUT2D eigenvalue weighted by Gasteiger charge is -2.06. The minimum atomic E-state index is 0.174. The van der Waals surface area contributed by atoms with Gasteiger partial charge < -0.3 is 5.73 Å². The zero-order valence-corrected chi connectivity index (χ0v) is 11.1. The first-order valence-corrected chi connectivity index (χ1v) is 6.36. The van der Waals surface area contributed by atoms with Crippen LogP contribution in [0.5, 0.6) is 0 Å². The Morgan fingerprint density at radius 3 is 2.61 bits per heavy atom. The molecule has 1 heterocycles. The molecule has 2 aromatic rings. The summed E-state index contributed by atoms with van der Waals surface area (Å²) in [5.74, 6) is 0.833. The largest absolute Gasteiger partial charge is 0.328 e. The monoisotopic (exact) mass is 261 g/mol. The van der Waals surface area contributed by atoms with E-state index < -0.39 is 0 Å². The lowest BCUT2D eigenvalue weighted by Crippen LogP contribution is -2.16. The van der Waals surface area contributed by atoms with Gasteiger partial charge in [0, 0.05) is 29.2 Å². The topological polar surface area (TPSA) is 51.8 Å². The van der Waals surface area contributed by atoms with Crippen molar-refractivity contribution < 1.29 is 0 Å². The van der Waals surface area contributed by atoms with Gasteiger partial charge in [0.15, 0.2) is 0 Å². The van der Waals surface area contributed by atoms with Crippen molar-refractivity contribution in [2.75, 3.05) is 0 Å². The minimum Gasteiger partial charge on any atom is -0.328 e. The van der Waals surface area contributed by atoms with Crippen molar-refractivity contribution in [3.63, 3.8) is 0 Å². The summed E-state index contributed by atoms with van der Waals surface area (Å²) in [7, 11) is 0. The fraction of sp³-hybridized carbons (Fsp3) is 0.286. The molecule has 2 rings (SSSR count). The highest BCUT2D eigenvalue weighted by atomic mass is 35.5. The van der Waals surface area contributed by atoms with Crippen molar-refractivity contribution >= 4 is 11.6 Å². The molecule has 1 aromatic heterocycles. The van der Waals surface area contributed by atoms with E-state index in [4.69, 9.17) is 17.3 Å². The number of aromatic nitrogens is 2. The van der Waals surface area contributed by atoms with Gasteiger partial charge in [0.1, 0.15) is 5.82 Å². The van der Waals surface area contributed by atoms with Crippen LogP contribution < -0.4 is 5.73 Å². The molecule has 0 saturated heterocycles. The molecule has 94 valence electrons. The van der Waals surface area contributed by atoms with Crippen molar-refractivity contribution in [2.24, 2.45) is 5.73 Å². The van der Waals surface area contributed by atoms with Crippen LogP contribution in [0.4, 0.5) is 0 Å². The summed E-state index contributed by atoms with van der Waals surface area (Å²) in [6.45, 7) is 1.99. The molecule has 0 fully saturated rings. The normalized spacial score (nSPS) is 12.4. The molecule has 0 aliphatic carbocycles. The first-order valence-electron chi connectivity index (χ1n) is 5.98. The van der Waals surface area contributed by atoms with Crippen LogP contribution in [0.3, 0.4) is 0 Å². The lowest BCUT2D eigenvalue weighted by molar-refractivity contribution is 0.648. The third kappa shape index (κ3) is 3.52. The Bertz CT molecular complexity index is 509. The molecule has 0 bridgehead atoms. The van der Waals surface area contributed by atoms with Gasteiger partial charge in [-0.05, 0) is 31.5 Å². The van der Waals surface area contributed by atoms with E-state index >= 15 is 0 Å². The fourth-order valence-electron chi connectivity index (χ4n) is 1.66. The van der Waals surface area contributed by atoms with E-state index in [9.17, 15) is 0 Å². The van der Waals surface area contributed by atoms with Crippen LogP contribution in [0.15, 0.2) is 36.5 Å². The van der Waals surface area contributed by atoms with E-state index in [2.05, 4.69) is 9.97 Å². The highest BCUT2D eigenvalue weighted by Gasteiger charge is 2.03. The van der Waals surface area contributed by atoms with E-state index in [0.717, 1.165) is 34.9 Å². The zero-order chi connectivity index (χ0) is 13.0. The molecule has 0 spiro atoms. The van der Waals surface area contributed by atoms with Gasteiger partial charge in [0.2, 0.25) is 0 Å². The third-order valence-corrected chi connectivity index (χ3v) is 2.92. The molecule has 1 unspecified atom stereocenters. The number of halogens is 1. The average Bonchev–Trinajstić information content (AvgIpc) is 2.37. The quantitative estimate of drug-likeness (QED) is 0.920. The van der Waals surface area contributed by atoms with Gasteiger partial charge in [0.05, 0.1) is 5.69 Å². The van der Waals surface area contributed by atoms with E-state index in [-0.39, 0.29) is 6.04 Å². The van der Waals surface area contributed by atoms with Gasteiger partial charge in [-0.1, -0.05) is 23.7 Å². The predicted octanol–water partition coefficient (Wildman–Crippen LogP) is 3.08. The SMILES string of the molecule is CC(N)CCc1nccc(-c2ccc(Cl)cc2)n1. The first kappa shape index (κ1) is 13.0. The Morgan fingerprint density at radius 1 is 1.22 bits per heavy atom. The molecule has 3 nitrogen and oxygen atoms in total. The van der Waals surface area contributed by atoms with Crippen LogP contribution in [0.2, 0.25) is 5.02 Å². The van der Waals surface area contributed by atoms with Crippen molar-refractivity contribution in [3.05, 3.63) is 47.4 Å². The van der Waals surface area contributed by atoms with Crippen LogP contribution in [0.1, 0.15) is 19.2 Å². The number of benzene rings is 1. The molecule has 0 radical (unpaired) electrons. The molecular weight excluding hydrogens is 246 g/mol. The van der Waals surface area contributed by atoms with E-state index in [1.54, 1.807) is 6.20 Å². The summed E-state index contributed by atoms with van der Waals surface area (Å²) in [6, 6.07) is 9.72. The molecule has 0 aliphatic heterocycles. The van der Waals surface area contributed by atoms with Crippen LogP contribution >= 0.6 is 11.6 Å². The summed E-state index contributed by atoms with van der Waals surface area (Å²) < 4.78 is 0. The average molecular weight is 262 g/mol. The van der Waals surface area contributed by atoms with E-state index in [1.165, 1.54) is 0 Å². The maximum absolute atomic E-state index is 5.87. The fourth-order valence-corrected chi connectivity index (χ4v) is 1.78. The number of nitrogens with zero attached hydrogens (tertiary/aromatic N) is 2. The highest BCUT2D eigenvalue weighted by Crippen LogP contribution is 2.19. The van der Waals surface area contributed by atoms with E-state index in [1.807, 2.05) is 37.3 Å². The van der Waals surface area contributed by atoms with Gasteiger partial charge in [-0.15, -0.1) is 0 Å². The summed E-state index contributed by atoms with van der Waals surface area (Å²) in [6.07, 6.45) is 3.48. The molecule has 1 aromatic carbocycles. The Balaban J connectivity index is 2.18. The number of hydrogen-bond acceptors (Lipinski definition) is 3. The molecular formula is C14H16ClN3. The molecule has 0 aliphatic rings. The van der Waals surface area contributed by atoms with Gasteiger partial charge in [-0.2, -0.15) is 0 Å². The van der Waals surface area contributed by atoms with E-state index in [0.29, 0.717) is 0 Å². The number of rotatable bonds is 4.